The molecule has 0 spiro atoms. The van der Waals surface area contributed by atoms with E-state index < -0.39 is 17.8 Å². The average molecular weight is 391 g/mol. The molecule has 4 rings (SSSR count). The van der Waals surface area contributed by atoms with Gasteiger partial charge in [0.05, 0.1) is 22.9 Å². The van der Waals surface area contributed by atoms with Crippen molar-refractivity contribution >= 4 is 28.9 Å². The third-order valence-electron chi connectivity index (χ3n) is 5.15. The monoisotopic (exact) mass is 390 g/mol. The molecule has 3 N–H and O–H groups in total. The van der Waals surface area contributed by atoms with Crippen LogP contribution in [0.3, 0.4) is 0 Å². The maximum Gasteiger partial charge on any atom is 0.267 e. The summed E-state index contributed by atoms with van der Waals surface area (Å²) in [5.74, 6) is -0.132. The van der Waals surface area contributed by atoms with E-state index in [1.165, 1.54) is 18.2 Å². The van der Waals surface area contributed by atoms with Gasteiger partial charge in [-0.25, -0.2) is 4.39 Å². The highest BCUT2D eigenvalue weighted by Gasteiger charge is 2.27. The number of benzene rings is 2. The molecule has 1 heterocycles. The van der Waals surface area contributed by atoms with Crippen molar-refractivity contribution in [2.45, 2.75) is 37.7 Å². The first kappa shape index (κ1) is 17.9. The minimum atomic E-state index is -0.841. The first-order valence-corrected chi connectivity index (χ1v) is 9.42. The second kappa shape index (κ2) is 7.27. The highest BCUT2D eigenvalue weighted by atomic mass is 35.5. The molecule has 1 unspecified atom stereocenters. The maximum absolute atomic E-state index is 13.4. The number of rotatable bonds is 3. The predicted octanol–water partition coefficient (Wildman–Crippen LogP) is 4.65. The van der Waals surface area contributed by atoms with Crippen LogP contribution < -0.4 is 15.4 Å². The number of phenolic OH excluding ortho intramolecular Hbond substituents is 1. The topological polar surface area (TPSA) is 70.6 Å². The molecule has 0 aromatic heterocycles. The van der Waals surface area contributed by atoms with Crippen molar-refractivity contribution < 1.29 is 19.0 Å². The highest BCUT2D eigenvalue weighted by Crippen LogP contribution is 2.41. The minimum Gasteiger partial charge on any atom is -0.508 e. The van der Waals surface area contributed by atoms with Crippen molar-refractivity contribution in [1.29, 1.82) is 0 Å². The average Bonchev–Trinajstić information content (AvgIpc) is 3.18. The summed E-state index contributed by atoms with van der Waals surface area (Å²) >= 11 is 6.33. The molecule has 2 aromatic carbocycles. The zero-order valence-corrected chi connectivity index (χ0v) is 15.4. The van der Waals surface area contributed by atoms with Crippen molar-refractivity contribution in [3.05, 3.63) is 46.7 Å². The zero-order valence-electron chi connectivity index (χ0n) is 14.6. The van der Waals surface area contributed by atoms with Crippen LogP contribution in [0.2, 0.25) is 5.02 Å². The van der Waals surface area contributed by atoms with Gasteiger partial charge in [0.1, 0.15) is 17.3 Å². The van der Waals surface area contributed by atoms with Crippen LogP contribution in [0, 0.1) is 5.82 Å². The van der Waals surface area contributed by atoms with Crippen LogP contribution in [-0.4, -0.2) is 23.7 Å². The fourth-order valence-electron chi connectivity index (χ4n) is 3.73. The molecule has 142 valence electrons. The fourth-order valence-corrected chi connectivity index (χ4v) is 3.95. The Kier molecular flexibility index (Phi) is 4.83. The molecular formula is C20H20ClFN2O3. The van der Waals surface area contributed by atoms with Gasteiger partial charge in [0.2, 0.25) is 0 Å². The van der Waals surface area contributed by atoms with E-state index in [0.29, 0.717) is 22.3 Å². The summed E-state index contributed by atoms with van der Waals surface area (Å²) in [5.41, 5.74) is 1.79. The van der Waals surface area contributed by atoms with Gasteiger partial charge >= 0.3 is 0 Å². The first-order valence-electron chi connectivity index (χ1n) is 9.04. The number of anilines is 2. The Bertz CT molecular complexity index is 884. The molecule has 1 aliphatic heterocycles. The molecular weight excluding hydrogens is 371 g/mol. The van der Waals surface area contributed by atoms with Gasteiger partial charge in [0, 0.05) is 12.1 Å². The molecule has 0 radical (unpaired) electrons. The summed E-state index contributed by atoms with van der Waals surface area (Å²) in [5, 5.41) is 16.5. The normalized spacial score (nSPS) is 19.1. The molecule has 1 amide bonds. The van der Waals surface area contributed by atoms with Gasteiger partial charge in [-0.2, -0.15) is 0 Å². The molecule has 0 bridgehead atoms. The van der Waals surface area contributed by atoms with Crippen LogP contribution in [0.25, 0.3) is 0 Å². The van der Waals surface area contributed by atoms with Crippen LogP contribution in [0.1, 0.15) is 37.2 Å². The number of hydrogen-bond donors (Lipinski definition) is 3. The number of nitrogens with one attached hydrogen (secondary N) is 2. The number of halogens is 2. The molecule has 1 saturated carbocycles. The standard InChI is InChI=1S/C20H20ClFN2O3/c21-14-8-13(11-3-1-2-4-11)17(25)9-16(14)24-20(26)19-10-23-15-6-5-12(22)7-18(15)27-19/h5-9,11,19,23,25H,1-4,10H2,(H,24,26). The zero-order chi connectivity index (χ0) is 19.0. The minimum absolute atomic E-state index is 0.136. The van der Waals surface area contributed by atoms with Gasteiger partial charge in [0.25, 0.3) is 5.91 Å². The Labute approximate surface area is 161 Å². The molecule has 2 aliphatic rings. The number of fused-ring (bicyclic) bond motifs is 1. The maximum atomic E-state index is 13.4. The Morgan fingerprint density at radius 2 is 2.04 bits per heavy atom. The molecule has 1 aliphatic carbocycles. The van der Waals surface area contributed by atoms with Crippen LogP contribution in [-0.2, 0) is 4.79 Å². The van der Waals surface area contributed by atoms with Crippen molar-refractivity contribution in [2.24, 2.45) is 0 Å². The van der Waals surface area contributed by atoms with E-state index in [0.717, 1.165) is 31.2 Å². The molecule has 27 heavy (non-hydrogen) atoms. The van der Waals surface area contributed by atoms with Crippen LogP contribution in [0.4, 0.5) is 15.8 Å². The highest BCUT2D eigenvalue weighted by molar-refractivity contribution is 6.34. The second-order valence-electron chi connectivity index (χ2n) is 6.99. The summed E-state index contributed by atoms with van der Waals surface area (Å²) in [6.45, 7) is 0.244. The summed E-state index contributed by atoms with van der Waals surface area (Å²) in [7, 11) is 0. The summed E-state index contributed by atoms with van der Waals surface area (Å²) in [6.07, 6.45) is 3.52. The van der Waals surface area contributed by atoms with E-state index in [-0.39, 0.29) is 18.0 Å². The fraction of sp³-hybridized carbons (Fsp3) is 0.350. The van der Waals surface area contributed by atoms with Gasteiger partial charge in [-0.05, 0) is 42.5 Å². The van der Waals surface area contributed by atoms with E-state index in [1.54, 1.807) is 12.1 Å². The van der Waals surface area contributed by atoms with E-state index in [9.17, 15) is 14.3 Å². The van der Waals surface area contributed by atoms with E-state index in [1.807, 2.05) is 0 Å². The molecule has 1 fully saturated rings. The van der Waals surface area contributed by atoms with Crippen molar-refractivity contribution in [3.8, 4) is 11.5 Å². The number of amides is 1. The number of aromatic hydroxyl groups is 1. The van der Waals surface area contributed by atoms with Crippen LogP contribution in [0.5, 0.6) is 11.5 Å². The Balaban J connectivity index is 1.49. The summed E-state index contributed by atoms with van der Waals surface area (Å²) in [6, 6.07) is 7.33. The first-order chi connectivity index (χ1) is 13.0. The van der Waals surface area contributed by atoms with Gasteiger partial charge in [-0.15, -0.1) is 0 Å². The van der Waals surface area contributed by atoms with E-state index in [2.05, 4.69) is 10.6 Å². The number of phenols is 1. The summed E-state index contributed by atoms with van der Waals surface area (Å²) in [4.78, 5) is 12.6. The molecule has 0 saturated heterocycles. The van der Waals surface area contributed by atoms with Crippen molar-refractivity contribution in [2.75, 3.05) is 17.2 Å². The van der Waals surface area contributed by atoms with Crippen molar-refractivity contribution in [1.82, 2.24) is 0 Å². The van der Waals surface area contributed by atoms with Crippen molar-refractivity contribution in [3.63, 3.8) is 0 Å². The summed E-state index contributed by atoms with van der Waals surface area (Å²) < 4.78 is 19.0. The lowest BCUT2D eigenvalue weighted by Gasteiger charge is -2.26. The van der Waals surface area contributed by atoms with Crippen LogP contribution >= 0.6 is 11.6 Å². The second-order valence-corrected chi connectivity index (χ2v) is 7.40. The lowest BCUT2D eigenvalue weighted by Crippen LogP contribution is -2.41. The Morgan fingerprint density at radius 1 is 1.26 bits per heavy atom. The smallest absolute Gasteiger partial charge is 0.267 e. The largest absolute Gasteiger partial charge is 0.508 e. The SMILES string of the molecule is O=C(Nc1cc(O)c(C2CCCC2)cc1Cl)C1CNc2ccc(F)cc2O1. The number of carbonyl (C=O) groups excluding carboxylic acids is 1. The molecule has 5 nitrogen and oxygen atoms in total. The Morgan fingerprint density at radius 3 is 2.81 bits per heavy atom. The van der Waals surface area contributed by atoms with Gasteiger partial charge < -0.3 is 20.5 Å². The third-order valence-corrected chi connectivity index (χ3v) is 5.47. The van der Waals surface area contributed by atoms with E-state index >= 15 is 0 Å². The number of carbonyl (C=O) groups is 1. The van der Waals surface area contributed by atoms with Gasteiger partial charge in [-0.1, -0.05) is 24.4 Å². The molecule has 7 heteroatoms. The quantitative estimate of drug-likeness (QED) is 0.713. The molecule has 1 atom stereocenters. The van der Waals surface area contributed by atoms with Gasteiger partial charge in [0.15, 0.2) is 6.10 Å². The number of hydrogen-bond acceptors (Lipinski definition) is 4. The lowest BCUT2D eigenvalue weighted by molar-refractivity contribution is -0.122. The molecule has 2 aromatic rings. The lowest BCUT2D eigenvalue weighted by atomic mass is 9.96. The third kappa shape index (κ3) is 3.67. The predicted molar refractivity (Wildman–Crippen MR) is 102 cm³/mol. The van der Waals surface area contributed by atoms with Gasteiger partial charge in [-0.3, -0.25) is 4.79 Å². The Hall–Kier alpha value is -2.47. The number of ether oxygens (including phenoxy) is 1. The van der Waals surface area contributed by atoms with Crippen LogP contribution in [0.15, 0.2) is 30.3 Å². The van der Waals surface area contributed by atoms with E-state index in [4.69, 9.17) is 16.3 Å².